The number of H-pyrrole nitrogens is 2. The molecule has 300 valence electrons. The van der Waals surface area contributed by atoms with Crippen molar-refractivity contribution in [2.75, 3.05) is 40.4 Å². The van der Waals surface area contributed by atoms with E-state index in [0.717, 1.165) is 47.6 Å². The molecule has 0 bridgehead atoms. The number of amides is 2. The van der Waals surface area contributed by atoms with E-state index in [1.165, 1.54) is 12.1 Å². The SMILES string of the molecule is COC1CCN(C(=O)c2cc(Cc3n[nH]c(=O)c4ccccc34)ccc2F)CC1.COC1CCN(C(=O)c2cc(Cc3n[nH]c(=O)c4ccccc34)ccc2F)CC1. The van der Waals surface area contributed by atoms with E-state index in [1.54, 1.807) is 72.6 Å². The fourth-order valence-corrected chi connectivity index (χ4v) is 7.62. The molecule has 2 aliphatic heterocycles. The van der Waals surface area contributed by atoms with Gasteiger partial charge in [0.1, 0.15) is 11.6 Å². The number of aromatic nitrogens is 4. The predicted molar refractivity (Wildman–Crippen MR) is 215 cm³/mol. The lowest BCUT2D eigenvalue weighted by molar-refractivity contribution is 0.0342. The van der Waals surface area contributed by atoms with Crippen molar-refractivity contribution in [3.8, 4) is 0 Å². The smallest absolute Gasteiger partial charge is 0.272 e. The molecular weight excluding hydrogens is 747 g/mol. The molecule has 0 unspecified atom stereocenters. The van der Waals surface area contributed by atoms with Crippen LogP contribution in [0.4, 0.5) is 8.78 Å². The number of piperidine rings is 2. The summed E-state index contributed by atoms with van der Waals surface area (Å²) < 4.78 is 39.5. The van der Waals surface area contributed by atoms with Crippen LogP contribution in [0.5, 0.6) is 0 Å². The van der Waals surface area contributed by atoms with E-state index in [4.69, 9.17) is 9.47 Å². The van der Waals surface area contributed by atoms with Crippen LogP contribution in [0.3, 0.4) is 0 Å². The average Bonchev–Trinajstić information content (AvgIpc) is 3.27. The molecule has 0 saturated carbocycles. The van der Waals surface area contributed by atoms with Gasteiger partial charge in [0.05, 0.1) is 45.5 Å². The third kappa shape index (κ3) is 8.88. The Morgan fingerprint density at radius 3 is 1.33 bits per heavy atom. The summed E-state index contributed by atoms with van der Waals surface area (Å²) in [6, 6.07) is 23.5. The quantitative estimate of drug-likeness (QED) is 0.196. The summed E-state index contributed by atoms with van der Waals surface area (Å²) in [6.45, 7) is 2.19. The molecule has 0 aliphatic carbocycles. The molecule has 4 heterocycles. The van der Waals surface area contributed by atoms with Crippen LogP contribution in [0.15, 0.2) is 94.5 Å². The number of nitrogens with one attached hydrogen (secondary N) is 2. The second-order valence-electron chi connectivity index (χ2n) is 14.5. The lowest BCUT2D eigenvalue weighted by Crippen LogP contribution is -2.41. The number of fused-ring (bicyclic) bond motifs is 2. The van der Waals surface area contributed by atoms with Gasteiger partial charge in [-0.25, -0.2) is 19.0 Å². The monoisotopic (exact) mass is 790 g/mol. The van der Waals surface area contributed by atoms with Gasteiger partial charge >= 0.3 is 0 Å². The normalized spacial score (nSPS) is 15.0. The van der Waals surface area contributed by atoms with Gasteiger partial charge in [0, 0.05) is 64.0 Å². The maximum Gasteiger partial charge on any atom is 0.272 e. The standard InChI is InChI=1S/2C22H22FN3O3/c2*1-29-15-8-10-26(11-9-15)22(28)18-12-14(6-7-19(18)23)13-20-16-4-2-3-5-17(16)21(27)25-24-20/h2*2-7,12,15H,8-11,13H2,1H3,(H,25,27). The molecule has 8 rings (SSSR count). The highest BCUT2D eigenvalue weighted by Gasteiger charge is 2.27. The zero-order valence-electron chi connectivity index (χ0n) is 32.3. The number of carbonyl (C=O) groups excluding carboxylic acids is 2. The van der Waals surface area contributed by atoms with E-state index in [-0.39, 0.29) is 46.3 Å². The van der Waals surface area contributed by atoms with Crippen LogP contribution >= 0.6 is 0 Å². The summed E-state index contributed by atoms with van der Waals surface area (Å²) in [6.07, 6.45) is 4.04. The summed E-state index contributed by atoms with van der Waals surface area (Å²) in [7, 11) is 3.33. The first-order valence-electron chi connectivity index (χ1n) is 19.3. The number of hydrogen-bond acceptors (Lipinski definition) is 8. The van der Waals surface area contributed by atoms with Gasteiger partial charge < -0.3 is 19.3 Å². The highest BCUT2D eigenvalue weighted by Crippen LogP contribution is 2.23. The Bertz CT molecular complexity index is 2380. The van der Waals surface area contributed by atoms with Gasteiger partial charge in [0.2, 0.25) is 0 Å². The fourth-order valence-electron chi connectivity index (χ4n) is 7.62. The minimum atomic E-state index is -0.535. The Labute approximate surface area is 332 Å². The van der Waals surface area contributed by atoms with E-state index < -0.39 is 11.6 Å². The summed E-state index contributed by atoms with van der Waals surface area (Å²) in [4.78, 5) is 53.0. The van der Waals surface area contributed by atoms with Crippen LogP contribution in [-0.2, 0) is 22.3 Å². The van der Waals surface area contributed by atoms with Crippen LogP contribution in [0.25, 0.3) is 21.5 Å². The van der Waals surface area contributed by atoms with Crippen LogP contribution in [-0.4, -0.2) is 94.6 Å². The molecule has 0 atom stereocenters. The predicted octanol–water partition coefficient (Wildman–Crippen LogP) is 5.81. The number of hydrogen-bond donors (Lipinski definition) is 2. The molecule has 4 aromatic carbocycles. The Morgan fingerprint density at radius 2 is 0.966 bits per heavy atom. The minimum absolute atomic E-state index is 0.0621. The maximum atomic E-state index is 14.4. The Kier molecular flexibility index (Phi) is 12.4. The van der Waals surface area contributed by atoms with Gasteiger partial charge in [0.25, 0.3) is 22.9 Å². The first kappa shape index (κ1) is 40.1. The number of benzene rings is 4. The first-order chi connectivity index (χ1) is 28.1. The van der Waals surface area contributed by atoms with Crippen molar-refractivity contribution >= 4 is 33.4 Å². The highest BCUT2D eigenvalue weighted by molar-refractivity contribution is 5.95. The molecule has 2 aromatic heterocycles. The van der Waals surface area contributed by atoms with Crippen molar-refractivity contribution in [1.82, 2.24) is 30.2 Å². The number of halogens is 2. The second kappa shape index (κ2) is 18.0. The molecule has 2 fully saturated rings. The van der Waals surface area contributed by atoms with Gasteiger partial charge in [0.15, 0.2) is 0 Å². The highest BCUT2D eigenvalue weighted by atomic mass is 19.1. The Morgan fingerprint density at radius 1 is 0.603 bits per heavy atom. The van der Waals surface area contributed by atoms with E-state index in [2.05, 4.69) is 20.4 Å². The summed E-state index contributed by atoms with van der Waals surface area (Å²) >= 11 is 0. The number of methoxy groups -OCH3 is 2. The lowest BCUT2D eigenvalue weighted by Gasteiger charge is -2.31. The molecule has 58 heavy (non-hydrogen) atoms. The number of rotatable bonds is 8. The zero-order valence-corrected chi connectivity index (χ0v) is 32.3. The Hall–Kier alpha value is -6.12. The van der Waals surface area contributed by atoms with E-state index in [9.17, 15) is 28.0 Å². The average molecular weight is 791 g/mol. The van der Waals surface area contributed by atoms with Gasteiger partial charge in [-0.05, 0) is 73.2 Å². The van der Waals surface area contributed by atoms with Gasteiger partial charge in [-0.1, -0.05) is 48.5 Å². The van der Waals surface area contributed by atoms with Crippen molar-refractivity contribution in [3.63, 3.8) is 0 Å². The second-order valence-corrected chi connectivity index (χ2v) is 14.5. The van der Waals surface area contributed by atoms with E-state index in [1.807, 2.05) is 24.3 Å². The summed E-state index contributed by atoms with van der Waals surface area (Å²) in [5.74, 6) is -1.69. The molecule has 0 radical (unpaired) electrons. The van der Waals surface area contributed by atoms with E-state index >= 15 is 0 Å². The topological polar surface area (TPSA) is 151 Å². The number of carbonyl (C=O) groups is 2. The molecular formula is C44H44F2N6O6. The summed E-state index contributed by atoms with van der Waals surface area (Å²) in [5, 5.41) is 15.9. The van der Waals surface area contributed by atoms with Crippen molar-refractivity contribution in [2.24, 2.45) is 0 Å². The van der Waals surface area contributed by atoms with Gasteiger partial charge in [-0.2, -0.15) is 10.2 Å². The third-order valence-corrected chi connectivity index (χ3v) is 10.9. The minimum Gasteiger partial charge on any atom is -0.381 e. The molecule has 2 aliphatic rings. The zero-order chi connectivity index (χ0) is 40.8. The molecule has 0 spiro atoms. The van der Waals surface area contributed by atoms with Crippen LogP contribution in [0.2, 0.25) is 0 Å². The number of nitrogens with zero attached hydrogens (tertiary/aromatic N) is 4. The van der Waals surface area contributed by atoms with Crippen molar-refractivity contribution in [1.29, 1.82) is 0 Å². The molecule has 2 N–H and O–H groups in total. The van der Waals surface area contributed by atoms with Crippen molar-refractivity contribution in [3.05, 3.63) is 151 Å². The lowest BCUT2D eigenvalue weighted by atomic mass is 10.0. The number of likely N-dealkylation sites (tertiary alicyclic amines) is 2. The molecule has 2 saturated heterocycles. The van der Waals surface area contributed by atoms with Crippen molar-refractivity contribution < 1.29 is 27.8 Å². The van der Waals surface area contributed by atoms with Gasteiger partial charge in [-0.15, -0.1) is 0 Å². The van der Waals surface area contributed by atoms with E-state index in [0.29, 0.717) is 61.2 Å². The number of ether oxygens (including phenoxy) is 2. The molecule has 14 heteroatoms. The third-order valence-electron chi connectivity index (χ3n) is 10.9. The van der Waals surface area contributed by atoms with Crippen LogP contribution in [0, 0.1) is 11.6 Å². The van der Waals surface area contributed by atoms with Gasteiger partial charge in [-0.3, -0.25) is 19.2 Å². The summed E-state index contributed by atoms with van der Waals surface area (Å²) in [5.41, 5.74) is 2.48. The largest absolute Gasteiger partial charge is 0.381 e. The number of aromatic amines is 2. The Balaban J connectivity index is 0.000000177. The molecule has 2 amide bonds. The first-order valence-corrected chi connectivity index (χ1v) is 19.3. The van der Waals surface area contributed by atoms with Crippen molar-refractivity contribution in [2.45, 2.75) is 50.7 Å². The van der Waals surface area contributed by atoms with Crippen LogP contribution in [0.1, 0.15) is 68.9 Å². The maximum absolute atomic E-state index is 14.4. The molecule has 6 aromatic rings. The van der Waals surface area contributed by atoms with Crippen LogP contribution < -0.4 is 11.1 Å². The fraction of sp³-hybridized carbons (Fsp3) is 0.318. The molecule has 12 nitrogen and oxygen atoms in total.